The van der Waals surface area contributed by atoms with E-state index in [1.807, 2.05) is 0 Å². The molecule has 0 radical (unpaired) electrons. The smallest absolute Gasteiger partial charge is 0.405 e. The van der Waals surface area contributed by atoms with Crippen LogP contribution in [0, 0.1) is 5.82 Å². The van der Waals surface area contributed by atoms with Crippen LogP contribution in [0.3, 0.4) is 0 Å². The molecule has 0 aliphatic heterocycles. The zero-order valence-corrected chi connectivity index (χ0v) is 19.2. The third kappa shape index (κ3) is 6.48. The topological polar surface area (TPSA) is 72.5 Å². The fraction of sp³-hybridized carbons (Fsp3) is 0.174. The second-order valence-corrected chi connectivity index (χ2v) is 9.84. The molecule has 0 atom stereocenters. The summed E-state index contributed by atoms with van der Waals surface area (Å²) in [5.41, 5.74) is 0.926. The summed E-state index contributed by atoms with van der Waals surface area (Å²) in [6, 6.07) is 12.8. The summed E-state index contributed by atoms with van der Waals surface area (Å²) < 4.78 is 79.2. The summed E-state index contributed by atoms with van der Waals surface area (Å²) in [5, 5.41) is 2.62. The van der Waals surface area contributed by atoms with Crippen molar-refractivity contribution in [3.05, 3.63) is 77.1 Å². The number of benzene rings is 3. The highest BCUT2D eigenvalue weighted by atomic mass is 35.5. The lowest BCUT2D eigenvalue weighted by atomic mass is 10.0. The minimum Gasteiger partial charge on any atom is -0.405 e. The van der Waals surface area contributed by atoms with E-state index in [9.17, 15) is 30.8 Å². The standard InChI is InChI=1S/C23H18ClF4NO4S/c1-2-34(31,32)17-7-3-14(4-8-17)11-22(30)29-16-6-10-18(20(24)13-16)19-9-5-15(25)12-21(19)33-23(26,27)28/h3-10,12-13H,2,11H2,1H3,(H,29,30). The molecule has 0 saturated carbocycles. The van der Waals surface area contributed by atoms with Gasteiger partial charge in [0.05, 0.1) is 22.1 Å². The molecule has 3 aromatic carbocycles. The number of ether oxygens (including phenoxy) is 1. The van der Waals surface area contributed by atoms with E-state index < -0.39 is 33.7 Å². The SMILES string of the molecule is CCS(=O)(=O)c1ccc(CC(=O)Nc2ccc(-c3ccc(F)cc3OC(F)(F)F)c(Cl)c2)cc1. The van der Waals surface area contributed by atoms with Crippen LogP contribution >= 0.6 is 11.6 Å². The molecular weight excluding hydrogens is 498 g/mol. The molecule has 34 heavy (non-hydrogen) atoms. The highest BCUT2D eigenvalue weighted by molar-refractivity contribution is 7.91. The molecule has 0 aromatic heterocycles. The fourth-order valence-corrected chi connectivity index (χ4v) is 4.28. The van der Waals surface area contributed by atoms with Crippen molar-refractivity contribution in [1.82, 2.24) is 0 Å². The van der Waals surface area contributed by atoms with Crippen LogP contribution in [0.4, 0.5) is 23.2 Å². The maximum Gasteiger partial charge on any atom is 0.573 e. The van der Waals surface area contributed by atoms with Crippen LogP contribution in [0.1, 0.15) is 12.5 Å². The Labute approximate surface area is 198 Å². The molecule has 0 heterocycles. The van der Waals surface area contributed by atoms with Gasteiger partial charge in [-0.3, -0.25) is 4.79 Å². The van der Waals surface area contributed by atoms with Crippen LogP contribution in [0.15, 0.2) is 65.6 Å². The van der Waals surface area contributed by atoms with E-state index >= 15 is 0 Å². The summed E-state index contributed by atoms with van der Waals surface area (Å²) in [6.07, 6.45) is -5.07. The van der Waals surface area contributed by atoms with Gasteiger partial charge in [0, 0.05) is 22.9 Å². The van der Waals surface area contributed by atoms with Crippen LogP contribution in [-0.2, 0) is 21.1 Å². The predicted molar refractivity (Wildman–Crippen MR) is 120 cm³/mol. The summed E-state index contributed by atoms with van der Waals surface area (Å²) in [7, 11) is -3.35. The number of sulfone groups is 1. The third-order valence-corrected chi connectivity index (χ3v) is 6.80. The highest BCUT2D eigenvalue weighted by Crippen LogP contribution is 2.38. The average Bonchev–Trinajstić information content (AvgIpc) is 2.74. The van der Waals surface area contributed by atoms with E-state index in [-0.39, 0.29) is 38.9 Å². The Hall–Kier alpha value is -3.11. The van der Waals surface area contributed by atoms with E-state index in [4.69, 9.17) is 11.6 Å². The maximum atomic E-state index is 13.5. The number of hydrogen-bond donors (Lipinski definition) is 1. The molecule has 180 valence electrons. The van der Waals surface area contributed by atoms with Crippen molar-refractivity contribution in [3.8, 4) is 16.9 Å². The number of nitrogens with one attached hydrogen (secondary N) is 1. The van der Waals surface area contributed by atoms with E-state index in [0.29, 0.717) is 11.6 Å². The molecule has 3 rings (SSSR count). The van der Waals surface area contributed by atoms with Gasteiger partial charge in [0.2, 0.25) is 5.91 Å². The normalized spacial score (nSPS) is 11.8. The third-order valence-electron chi connectivity index (χ3n) is 4.74. The van der Waals surface area contributed by atoms with Crippen LogP contribution in [0.5, 0.6) is 5.75 Å². The van der Waals surface area contributed by atoms with Crippen LogP contribution < -0.4 is 10.1 Å². The summed E-state index contributed by atoms with van der Waals surface area (Å²) in [4.78, 5) is 12.5. The number of alkyl halides is 3. The maximum absolute atomic E-state index is 13.5. The number of carbonyl (C=O) groups is 1. The van der Waals surface area contributed by atoms with Gasteiger partial charge in [0.1, 0.15) is 11.6 Å². The van der Waals surface area contributed by atoms with Gasteiger partial charge in [-0.25, -0.2) is 12.8 Å². The van der Waals surface area contributed by atoms with Crippen LogP contribution in [0.25, 0.3) is 11.1 Å². The molecular formula is C23H18ClF4NO4S. The van der Waals surface area contributed by atoms with E-state index in [0.717, 1.165) is 12.1 Å². The Morgan fingerprint density at radius 1 is 1.00 bits per heavy atom. The minimum atomic E-state index is -5.03. The van der Waals surface area contributed by atoms with Gasteiger partial charge in [-0.15, -0.1) is 13.2 Å². The largest absolute Gasteiger partial charge is 0.573 e. The summed E-state index contributed by atoms with van der Waals surface area (Å²) in [6.45, 7) is 1.54. The number of hydrogen-bond acceptors (Lipinski definition) is 4. The summed E-state index contributed by atoms with van der Waals surface area (Å²) in [5.74, 6) is -2.12. The van der Waals surface area contributed by atoms with Gasteiger partial charge < -0.3 is 10.1 Å². The molecule has 11 heteroatoms. The first-order chi connectivity index (χ1) is 15.9. The minimum absolute atomic E-state index is 0.00515. The van der Waals surface area contributed by atoms with E-state index in [2.05, 4.69) is 10.1 Å². The Morgan fingerprint density at radius 2 is 1.65 bits per heavy atom. The van der Waals surface area contributed by atoms with E-state index in [1.165, 1.54) is 49.4 Å². The van der Waals surface area contributed by atoms with Crippen LogP contribution in [-0.4, -0.2) is 26.4 Å². The number of rotatable bonds is 7. The number of anilines is 1. The lowest BCUT2D eigenvalue weighted by Gasteiger charge is -2.15. The molecule has 0 spiro atoms. The molecule has 1 amide bonds. The van der Waals surface area contributed by atoms with Crippen LogP contribution in [0.2, 0.25) is 5.02 Å². The van der Waals surface area contributed by atoms with Crippen molar-refractivity contribution < 1.29 is 35.5 Å². The van der Waals surface area contributed by atoms with Crippen molar-refractivity contribution in [2.24, 2.45) is 0 Å². The Morgan fingerprint density at radius 3 is 2.24 bits per heavy atom. The second-order valence-electron chi connectivity index (χ2n) is 7.16. The highest BCUT2D eigenvalue weighted by Gasteiger charge is 2.32. The first kappa shape index (κ1) is 25.5. The number of halogens is 5. The Bertz CT molecular complexity index is 1310. The number of amides is 1. The molecule has 0 aliphatic carbocycles. The summed E-state index contributed by atoms with van der Waals surface area (Å²) >= 11 is 6.23. The van der Waals surface area contributed by atoms with Gasteiger partial charge in [-0.1, -0.05) is 36.7 Å². The van der Waals surface area contributed by atoms with Crippen molar-refractivity contribution in [3.63, 3.8) is 0 Å². The molecule has 0 saturated heterocycles. The first-order valence-corrected chi connectivity index (χ1v) is 11.9. The first-order valence-electron chi connectivity index (χ1n) is 9.85. The molecule has 0 unspecified atom stereocenters. The van der Waals surface area contributed by atoms with Gasteiger partial charge in [-0.2, -0.15) is 0 Å². The molecule has 1 N–H and O–H groups in total. The van der Waals surface area contributed by atoms with Crippen molar-refractivity contribution >= 4 is 33.0 Å². The zero-order valence-electron chi connectivity index (χ0n) is 17.6. The van der Waals surface area contributed by atoms with Crippen molar-refractivity contribution in [2.45, 2.75) is 24.6 Å². The second kappa shape index (κ2) is 10.0. The lowest BCUT2D eigenvalue weighted by molar-refractivity contribution is -0.274. The lowest BCUT2D eigenvalue weighted by Crippen LogP contribution is -2.17. The fourth-order valence-electron chi connectivity index (χ4n) is 3.11. The monoisotopic (exact) mass is 515 g/mol. The Kier molecular flexibility index (Phi) is 7.52. The van der Waals surface area contributed by atoms with E-state index in [1.54, 1.807) is 0 Å². The van der Waals surface area contributed by atoms with Crippen molar-refractivity contribution in [1.29, 1.82) is 0 Å². The van der Waals surface area contributed by atoms with Crippen molar-refractivity contribution in [2.75, 3.05) is 11.1 Å². The number of carbonyl (C=O) groups excluding carboxylic acids is 1. The predicted octanol–water partition coefficient (Wildman–Crippen LogP) is 6.02. The Balaban J connectivity index is 1.76. The molecule has 0 fully saturated rings. The molecule has 0 bridgehead atoms. The van der Waals surface area contributed by atoms with Gasteiger partial charge in [-0.05, 0) is 42.0 Å². The van der Waals surface area contributed by atoms with Gasteiger partial charge in [0.15, 0.2) is 9.84 Å². The zero-order chi connectivity index (χ0) is 25.1. The average molecular weight is 516 g/mol. The quantitative estimate of drug-likeness (QED) is 0.391. The van der Waals surface area contributed by atoms with Gasteiger partial charge >= 0.3 is 6.36 Å². The van der Waals surface area contributed by atoms with Gasteiger partial charge in [0.25, 0.3) is 0 Å². The molecule has 5 nitrogen and oxygen atoms in total. The molecule has 3 aromatic rings. The molecule has 0 aliphatic rings.